The van der Waals surface area contributed by atoms with E-state index in [9.17, 15) is 5.11 Å². The van der Waals surface area contributed by atoms with Gasteiger partial charge in [0, 0.05) is 4.90 Å². The van der Waals surface area contributed by atoms with E-state index in [1.54, 1.807) is 18.0 Å². The lowest BCUT2D eigenvalue weighted by atomic mass is 10.2. The second-order valence-corrected chi connectivity index (χ2v) is 4.65. The normalized spacial score (nSPS) is 10.6. The van der Waals surface area contributed by atoms with E-state index in [4.69, 9.17) is 16.0 Å². The zero-order valence-corrected chi connectivity index (χ0v) is 10.1. The predicted octanol–water partition coefficient (Wildman–Crippen LogP) is 3.72. The van der Waals surface area contributed by atoms with Crippen molar-refractivity contribution in [1.29, 1.82) is 0 Å². The maximum absolute atomic E-state index is 9.20. The van der Waals surface area contributed by atoms with Gasteiger partial charge in [-0.3, -0.25) is 0 Å². The quantitative estimate of drug-likeness (QED) is 0.845. The molecule has 1 aromatic carbocycles. The Balaban J connectivity index is 2.14. The minimum Gasteiger partial charge on any atom is -0.468 e. The molecule has 84 valence electrons. The first-order valence-electron chi connectivity index (χ1n) is 4.84. The Labute approximate surface area is 103 Å². The third-order valence-electron chi connectivity index (χ3n) is 2.16. The van der Waals surface area contributed by atoms with E-state index in [2.05, 4.69) is 0 Å². The maximum Gasteiger partial charge on any atom is 0.113 e. The lowest BCUT2D eigenvalue weighted by Crippen LogP contribution is -1.88. The van der Waals surface area contributed by atoms with Crippen molar-refractivity contribution in [2.45, 2.75) is 17.3 Å². The Bertz CT molecular complexity index is 454. The van der Waals surface area contributed by atoms with Crippen LogP contribution in [0.2, 0.25) is 5.02 Å². The Hall–Kier alpha value is -0.900. The summed E-state index contributed by atoms with van der Waals surface area (Å²) in [5.74, 6) is 1.61. The second-order valence-electron chi connectivity index (χ2n) is 3.25. The zero-order chi connectivity index (χ0) is 11.4. The smallest absolute Gasteiger partial charge is 0.113 e. The fourth-order valence-corrected chi connectivity index (χ4v) is 2.71. The number of benzene rings is 1. The van der Waals surface area contributed by atoms with E-state index in [0.717, 1.165) is 16.2 Å². The standard InChI is InChI=1S/C12H11ClO2S/c13-11-5-1-3-9(7-14)12(11)16-8-10-4-2-6-15-10/h1-6,14H,7-8H2. The highest BCUT2D eigenvalue weighted by molar-refractivity contribution is 7.98. The maximum atomic E-state index is 9.20. The number of rotatable bonds is 4. The van der Waals surface area contributed by atoms with Crippen molar-refractivity contribution in [3.05, 3.63) is 52.9 Å². The van der Waals surface area contributed by atoms with E-state index >= 15 is 0 Å². The number of thioether (sulfide) groups is 1. The molecule has 2 nitrogen and oxygen atoms in total. The van der Waals surface area contributed by atoms with Crippen LogP contribution in [0.1, 0.15) is 11.3 Å². The van der Waals surface area contributed by atoms with Crippen LogP contribution in [0, 0.1) is 0 Å². The SMILES string of the molecule is OCc1cccc(Cl)c1SCc1ccco1. The summed E-state index contributed by atoms with van der Waals surface area (Å²) in [6.07, 6.45) is 1.65. The van der Waals surface area contributed by atoms with Gasteiger partial charge in [-0.05, 0) is 23.8 Å². The fraction of sp³-hybridized carbons (Fsp3) is 0.167. The molecule has 0 bridgehead atoms. The van der Waals surface area contributed by atoms with Crippen LogP contribution in [0.3, 0.4) is 0 Å². The van der Waals surface area contributed by atoms with Crippen molar-refractivity contribution in [2.24, 2.45) is 0 Å². The van der Waals surface area contributed by atoms with Crippen molar-refractivity contribution in [2.75, 3.05) is 0 Å². The molecule has 0 saturated heterocycles. The number of aliphatic hydroxyl groups is 1. The molecule has 0 aliphatic carbocycles. The van der Waals surface area contributed by atoms with Gasteiger partial charge in [0.25, 0.3) is 0 Å². The molecule has 1 aromatic heterocycles. The molecule has 0 saturated carbocycles. The van der Waals surface area contributed by atoms with Gasteiger partial charge in [0.1, 0.15) is 5.76 Å². The molecular formula is C12H11ClO2S. The fourth-order valence-electron chi connectivity index (χ4n) is 1.38. The molecule has 16 heavy (non-hydrogen) atoms. The molecule has 0 aliphatic rings. The van der Waals surface area contributed by atoms with Crippen LogP contribution in [0.15, 0.2) is 45.9 Å². The summed E-state index contributed by atoms with van der Waals surface area (Å²) < 4.78 is 5.24. The Kier molecular flexibility index (Phi) is 3.93. The molecular weight excluding hydrogens is 244 g/mol. The van der Waals surface area contributed by atoms with Crippen LogP contribution >= 0.6 is 23.4 Å². The molecule has 4 heteroatoms. The van der Waals surface area contributed by atoms with Gasteiger partial charge in [-0.25, -0.2) is 0 Å². The van der Waals surface area contributed by atoms with Gasteiger partial charge < -0.3 is 9.52 Å². The number of aliphatic hydroxyl groups excluding tert-OH is 1. The monoisotopic (exact) mass is 254 g/mol. The summed E-state index contributed by atoms with van der Waals surface area (Å²) in [5, 5.41) is 9.87. The molecule has 2 rings (SSSR count). The molecule has 2 aromatic rings. The van der Waals surface area contributed by atoms with Crippen LogP contribution in [-0.4, -0.2) is 5.11 Å². The average molecular weight is 255 g/mol. The highest BCUT2D eigenvalue weighted by Crippen LogP contribution is 2.33. The molecule has 0 aliphatic heterocycles. The molecule has 0 radical (unpaired) electrons. The van der Waals surface area contributed by atoms with E-state index in [0.29, 0.717) is 10.8 Å². The highest BCUT2D eigenvalue weighted by Gasteiger charge is 2.07. The minimum absolute atomic E-state index is 0.00104. The third kappa shape index (κ3) is 2.61. The van der Waals surface area contributed by atoms with Gasteiger partial charge in [-0.1, -0.05) is 23.7 Å². The predicted molar refractivity (Wildman–Crippen MR) is 65.6 cm³/mol. The summed E-state index contributed by atoms with van der Waals surface area (Å²) in [7, 11) is 0. The van der Waals surface area contributed by atoms with Crippen molar-refractivity contribution in [3.63, 3.8) is 0 Å². The Morgan fingerprint density at radius 2 is 2.12 bits per heavy atom. The molecule has 0 spiro atoms. The van der Waals surface area contributed by atoms with Gasteiger partial charge in [0.2, 0.25) is 0 Å². The highest BCUT2D eigenvalue weighted by atomic mass is 35.5. The van der Waals surface area contributed by atoms with E-state index in [1.165, 1.54) is 0 Å². The molecule has 0 unspecified atom stereocenters. The van der Waals surface area contributed by atoms with Gasteiger partial charge in [0.05, 0.1) is 23.6 Å². The summed E-state index contributed by atoms with van der Waals surface area (Å²) in [4.78, 5) is 0.920. The number of hydrogen-bond donors (Lipinski definition) is 1. The Morgan fingerprint density at radius 3 is 2.81 bits per heavy atom. The molecule has 1 N–H and O–H groups in total. The van der Waals surface area contributed by atoms with Crippen LogP contribution in [-0.2, 0) is 12.4 Å². The molecule has 0 amide bonds. The number of hydrogen-bond acceptors (Lipinski definition) is 3. The van der Waals surface area contributed by atoms with Crippen LogP contribution in [0.4, 0.5) is 0 Å². The van der Waals surface area contributed by atoms with Crippen LogP contribution in [0.25, 0.3) is 0 Å². The van der Waals surface area contributed by atoms with Crippen molar-refractivity contribution in [3.8, 4) is 0 Å². The topological polar surface area (TPSA) is 33.4 Å². The summed E-state index contributed by atoms with van der Waals surface area (Å²) in [5.41, 5.74) is 0.851. The van der Waals surface area contributed by atoms with Crippen LogP contribution < -0.4 is 0 Å². The first-order chi connectivity index (χ1) is 7.81. The summed E-state index contributed by atoms with van der Waals surface area (Å²) in [6.45, 7) is 0.00104. The summed E-state index contributed by atoms with van der Waals surface area (Å²) >= 11 is 7.66. The second kappa shape index (κ2) is 5.43. The number of halogens is 1. The van der Waals surface area contributed by atoms with E-state index in [1.807, 2.05) is 30.3 Å². The van der Waals surface area contributed by atoms with Gasteiger partial charge >= 0.3 is 0 Å². The number of furan rings is 1. The van der Waals surface area contributed by atoms with Gasteiger partial charge in [0.15, 0.2) is 0 Å². The van der Waals surface area contributed by atoms with E-state index in [-0.39, 0.29) is 6.61 Å². The van der Waals surface area contributed by atoms with Crippen molar-refractivity contribution in [1.82, 2.24) is 0 Å². The first kappa shape index (κ1) is 11.6. The zero-order valence-electron chi connectivity index (χ0n) is 8.52. The molecule has 0 atom stereocenters. The van der Waals surface area contributed by atoms with Gasteiger partial charge in [-0.2, -0.15) is 0 Å². The molecule has 1 heterocycles. The third-order valence-corrected chi connectivity index (χ3v) is 3.78. The summed E-state index contributed by atoms with van der Waals surface area (Å²) in [6, 6.07) is 9.31. The average Bonchev–Trinajstić information content (AvgIpc) is 2.80. The Morgan fingerprint density at radius 1 is 1.25 bits per heavy atom. The van der Waals surface area contributed by atoms with E-state index < -0.39 is 0 Å². The molecule has 0 fully saturated rings. The van der Waals surface area contributed by atoms with Crippen LogP contribution in [0.5, 0.6) is 0 Å². The lowest BCUT2D eigenvalue weighted by Gasteiger charge is -2.07. The first-order valence-corrected chi connectivity index (χ1v) is 6.21. The lowest BCUT2D eigenvalue weighted by molar-refractivity contribution is 0.279. The largest absolute Gasteiger partial charge is 0.468 e. The van der Waals surface area contributed by atoms with Crippen molar-refractivity contribution >= 4 is 23.4 Å². The van der Waals surface area contributed by atoms with Crippen molar-refractivity contribution < 1.29 is 9.52 Å². The van der Waals surface area contributed by atoms with Gasteiger partial charge in [-0.15, -0.1) is 11.8 Å². The minimum atomic E-state index is 0.00104.